The molecule has 1 aliphatic heterocycles. The maximum Gasteiger partial charge on any atom is 0.114 e. The summed E-state index contributed by atoms with van der Waals surface area (Å²) in [6, 6.07) is 0.438. The molecule has 0 saturated carbocycles. The van der Waals surface area contributed by atoms with Crippen LogP contribution in [-0.2, 0) is 0 Å². The topological polar surface area (TPSA) is 29.3 Å². The molecule has 0 spiro atoms. The van der Waals surface area contributed by atoms with Crippen LogP contribution in [0.1, 0.15) is 19.3 Å². The van der Waals surface area contributed by atoms with Crippen LogP contribution in [0.3, 0.4) is 0 Å². The Labute approximate surface area is 67.6 Å². The first kappa shape index (κ1) is 8.94. The Morgan fingerprint density at radius 2 is 2.45 bits per heavy atom. The molecule has 0 aromatic rings. The van der Waals surface area contributed by atoms with E-state index in [1.54, 1.807) is 0 Å². The Balaban J connectivity index is 2.24. The van der Waals surface area contributed by atoms with E-state index in [4.69, 9.17) is 5.73 Å². The molecule has 66 valence electrons. The van der Waals surface area contributed by atoms with Crippen molar-refractivity contribution in [1.29, 1.82) is 0 Å². The summed E-state index contributed by atoms with van der Waals surface area (Å²) in [6.45, 7) is 1.28. The second kappa shape index (κ2) is 4.02. The summed E-state index contributed by atoms with van der Waals surface area (Å²) in [5, 5.41) is 0. The molecule has 0 aromatic carbocycles. The van der Waals surface area contributed by atoms with Gasteiger partial charge in [0.15, 0.2) is 0 Å². The van der Waals surface area contributed by atoms with E-state index in [0.717, 1.165) is 13.0 Å². The van der Waals surface area contributed by atoms with Crippen LogP contribution < -0.4 is 5.73 Å². The number of hydrogen-bond acceptors (Lipinski definition) is 2. The van der Waals surface area contributed by atoms with E-state index in [9.17, 15) is 4.39 Å². The zero-order chi connectivity index (χ0) is 8.27. The predicted octanol–water partition coefficient (Wildman–Crippen LogP) is 0.767. The maximum absolute atomic E-state index is 12.8. The van der Waals surface area contributed by atoms with Gasteiger partial charge in [-0.05, 0) is 32.9 Å². The van der Waals surface area contributed by atoms with Crippen molar-refractivity contribution in [2.45, 2.75) is 31.5 Å². The lowest BCUT2D eigenvalue weighted by atomic mass is 10.1. The molecule has 1 saturated heterocycles. The molecule has 0 amide bonds. The number of likely N-dealkylation sites (tertiary alicyclic amines) is 1. The number of halogens is 1. The summed E-state index contributed by atoms with van der Waals surface area (Å²) in [7, 11) is 2.06. The standard InChI is InChI=1S/C8H17FN2/c1-11-4-2-3-8(11)5-7(9)6-10/h7-8H,2-6,10H2,1H3. The lowest BCUT2D eigenvalue weighted by molar-refractivity contribution is 0.222. The van der Waals surface area contributed by atoms with Crippen molar-refractivity contribution >= 4 is 0 Å². The van der Waals surface area contributed by atoms with Gasteiger partial charge in [0.1, 0.15) is 6.17 Å². The van der Waals surface area contributed by atoms with E-state index < -0.39 is 6.17 Å². The molecule has 2 unspecified atom stereocenters. The second-order valence-corrected chi connectivity index (χ2v) is 3.35. The van der Waals surface area contributed by atoms with E-state index in [1.165, 1.54) is 6.42 Å². The number of nitrogens with zero attached hydrogens (tertiary/aromatic N) is 1. The summed E-state index contributed by atoms with van der Waals surface area (Å²) in [5.74, 6) is 0. The fourth-order valence-electron chi connectivity index (χ4n) is 1.67. The third kappa shape index (κ3) is 2.42. The molecule has 3 heteroatoms. The Hall–Kier alpha value is -0.150. The molecular formula is C8H17FN2. The molecule has 2 nitrogen and oxygen atoms in total. The van der Waals surface area contributed by atoms with Gasteiger partial charge in [0, 0.05) is 12.6 Å². The van der Waals surface area contributed by atoms with Crippen LogP contribution in [0.4, 0.5) is 4.39 Å². The van der Waals surface area contributed by atoms with Crippen molar-refractivity contribution in [3.05, 3.63) is 0 Å². The molecule has 0 aromatic heterocycles. The summed E-state index contributed by atoms with van der Waals surface area (Å²) >= 11 is 0. The molecule has 1 heterocycles. The first-order valence-electron chi connectivity index (χ1n) is 4.28. The highest BCUT2D eigenvalue weighted by molar-refractivity contribution is 4.79. The minimum atomic E-state index is -0.805. The van der Waals surface area contributed by atoms with Crippen molar-refractivity contribution in [1.82, 2.24) is 4.90 Å². The van der Waals surface area contributed by atoms with Crippen molar-refractivity contribution in [3.63, 3.8) is 0 Å². The van der Waals surface area contributed by atoms with Crippen LogP contribution in [0.2, 0.25) is 0 Å². The van der Waals surface area contributed by atoms with Gasteiger partial charge in [0.05, 0.1) is 0 Å². The molecule has 1 rings (SSSR count). The number of alkyl halides is 1. The molecule has 2 atom stereocenters. The van der Waals surface area contributed by atoms with E-state index in [-0.39, 0.29) is 6.54 Å². The average Bonchev–Trinajstić information content (AvgIpc) is 2.37. The summed E-state index contributed by atoms with van der Waals surface area (Å²) in [4.78, 5) is 2.22. The lowest BCUT2D eigenvalue weighted by Gasteiger charge is -2.20. The van der Waals surface area contributed by atoms with E-state index in [2.05, 4.69) is 11.9 Å². The molecule has 11 heavy (non-hydrogen) atoms. The molecule has 0 bridgehead atoms. The Morgan fingerprint density at radius 3 is 2.91 bits per heavy atom. The average molecular weight is 160 g/mol. The van der Waals surface area contributed by atoms with Crippen molar-refractivity contribution in [2.75, 3.05) is 20.1 Å². The highest BCUT2D eigenvalue weighted by atomic mass is 19.1. The largest absolute Gasteiger partial charge is 0.328 e. The lowest BCUT2D eigenvalue weighted by Crippen LogP contribution is -2.30. The fraction of sp³-hybridized carbons (Fsp3) is 1.00. The number of nitrogens with two attached hydrogens (primary N) is 1. The zero-order valence-electron chi connectivity index (χ0n) is 7.09. The Kier molecular flexibility index (Phi) is 3.27. The van der Waals surface area contributed by atoms with Crippen molar-refractivity contribution in [3.8, 4) is 0 Å². The van der Waals surface area contributed by atoms with Gasteiger partial charge in [-0.1, -0.05) is 0 Å². The highest BCUT2D eigenvalue weighted by Gasteiger charge is 2.23. The summed E-state index contributed by atoms with van der Waals surface area (Å²) < 4.78 is 12.8. The van der Waals surface area contributed by atoms with Gasteiger partial charge < -0.3 is 10.6 Å². The first-order valence-corrected chi connectivity index (χ1v) is 4.28. The SMILES string of the molecule is CN1CCCC1CC(F)CN. The zero-order valence-corrected chi connectivity index (χ0v) is 7.09. The molecular weight excluding hydrogens is 143 g/mol. The van der Waals surface area contributed by atoms with Crippen LogP contribution >= 0.6 is 0 Å². The minimum absolute atomic E-state index is 0.171. The van der Waals surface area contributed by atoms with Gasteiger partial charge in [0.25, 0.3) is 0 Å². The van der Waals surface area contributed by atoms with Gasteiger partial charge in [-0.3, -0.25) is 0 Å². The summed E-state index contributed by atoms with van der Waals surface area (Å²) in [5.41, 5.74) is 5.20. The second-order valence-electron chi connectivity index (χ2n) is 3.35. The first-order chi connectivity index (χ1) is 5.24. The molecule has 1 fully saturated rings. The van der Waals surface area contributed by atoms with Crippen LogP contribution in [0.5, 0.6) is 0 Å². The third-order valence-electron chi connectivity index (χ3n) is 2.46. The summed E-state index contributed by atoms with van der Waals surface area (Å²) in [6.07, 6.45) is 2.16. The van der Waals surface area contributed by atoms with Gasteiger partial charge in [0.2, 0.25) is 0 Å². The normalized spacial score (nSPS) is 29.2. The van der Waals surface area contributed by atoms with Crippen LogP contribution in [-0.4, -0.2) is 37.3 Å². The smallest absolute Gasteiger partial charge is 0.114 e. The fourth-order valence-corrected chi connectivity index (χ4v) is 1.67. The maximum atomic E-state index is 12.8. The van der Waals surface area contributed by atoms with Crippen molar-refractivity contribution < 1.29 is 4.39 Å². The molecule has 1 aliphatic rings. The quantitative estimate of drug-likeness (QED) is 0.660. The molecule has 2 N–H and O–H groups in total. The Morgan fingerprint density at radius 1 is 1.73 bits per heavy atom. The van der Waals surface area contributed by atoms with E-state index in [0.29, 0.717) is 12.5 Å². The van der Waals surface area contributed by atoms with Gasteiger partial charge >= 0.3 is 0 Å². The van der Waals surface area contributed by atoms with Crippen molar-refractivity contribution in [2.24, 2.45) is 5.73 Å². The third-order valence-corrected chi connectivity index (χ3v) is 2.46. The number of rotatable bonds is 3. The molecule has 0 radical (unpaired) electrons. The van der Waals surface area contributed by atoms with Gasteiger partial charge in [-0.2, -0.15) is 0 Å². The van der Waals surface area contributed by atoms with Gasteiger partial charge in [-0.15, -0.1) is 0 Å². The monoisotopic (exact) mass is 160 g/mol. The van der Waals surface area contributed by atoms with E-state index >= 15 is 0 Å². The Bertz CT molecular complexity index is 119. The minimum Gasteiger partial charge on any atom is -0.328 e. The molecule has 0 aliphatic carbocycles. The van der Waals surface area contributed by atoms with Crippen LogP contribution in [0.25, 0.3) is 0 Å². The van der Waals surface area contributed by atoms with Crippen LogP contribution in [0, 0.1) is 0 Å². The van der Waals surface area contributed by atoms with Gasteiger partial charge in [-0.25, -0.2) is 4.39 Å². The van der Waals surface area contributed by atoms with Crippen LogP contribution in [0.15, 0.2) is 0 Å². The predicted molar refractivity (Wildman–Crippen MR) is 44.2 cm³/mol. The van der Waals surface area contributed by atoms with E-state index in [1.807, 2.05) is 0 Å². The highest BCUT2D eigenvalue weighted by Crippen LogP contribution is 2.19. The number of hydrogen-bond donors (Lipinski definition) is 1.